The highest BCUT2D eigenvalue weighted by atomic mass is 16.5. The summed E-state index contributed by atoms with van der Waals surface area (Å²) in [5.41, 5.74) is 1.11. The Morgan fingerprint density at radius 1 is 1.15 bits per heavy atom. The van der Waals surface area contributed by atoms with E-state index in [4.69, 9.17) is 9.47 Å². The van der Waals surface area contributed by atoms with E-state index < -0.39 is 0 Å². The van der Waals surface area contributed by atoms with Crippen LogP contribution in [0.4, 0.5) is 5.69 Å². The summed E-state index contributed by atoms with van der Waals surface area (Å²) < 4.78 is 10.6. The molecule has 1 atom stereocenters. The van der Waals surface area contributed by atoms with E-state index in [2.05, 4.69) is 23.2 Å². The standard InChI is InChI=1S/C16H26N2O2/c1-4-18-10-5-6-13(9-11-18)17-14-7-8-15(19-2)16(12-14)20-3/h7-8,12-13,17H,4-6,9-11H2,1-3H3. The minimum Gasteiger partial charge on any atom is -0.493 e. The normalized spacial score (nSPS) is 20.2. The predicted molar refractivity (Wildman–Crippen MR) is 82.9 cm³/mol. The maximum absolute atomic E-state index is 5.35. The van der Waals surface area contributed by atoms with Crippen LogP contribution in [0.15, 0.2) is 18.2 Å². The number of anilines is 1. The Kier molecular flexibility index (Phi) is 5.53. The van der Waals surface area contributed by atoms with Gasteiger partial charge in [-0.1, -0.05) is 6.92 Å². The van der Waals surface area contributed by atoms with E-state index >= 15 is 0 Å². The van der Waals surface area contributed by atoms with E-state index in [1.54, 1.807) is 14.2 Å². The molecule has 4 nitrogen and oxygen atoms in total. The molecule has 1 N–H and O–H groups in total. The van der Waals surface area contributed by atoms with Gasteiger partial charge in [0.15, 0.2) is 11.5 Å². The van der Waals surface area contributed by atoms with E-state index in [9.17, 15) is 0 Å². The maximum atomic E-state index is 5.35. The number of nitrogens with zero attached hydrogens (tertiary/aromatic N) is 1. The lowest BCUT2D eigenvalue weighted by atomic mass is 10.1. The van der Waals surface area contributed by atoms with Crippen molar-refractivity contribution in [3.63, 3.8) is 0 Å². The second kappa shape index (κ2) is 7.39. The summed E-state index contributed by atoms with van der Waals surface area (Å²) in [6.45, 7) is 5.80. The minimum absolute atomic E-state index is 0.546. The SMILES string of the molecule is CCN1CCCC(Nc2ccc(OC)c(OC)c2)CC1. The van der Waals surface area contributed by atoms with Gasteiger partial charge in [0.1, 0.15) is 0 Å². The average Bonchev–Trinajstić information content (AvgIpc) is 2.72. The Morgan fingerprint density at radius 2 is 1.95 bits per heavy atom. The molecule has 0 aliphatic carbocycles. The van der Waals surface area contributed by atoms with Gasteiger partial charge in [-0.2, -0.15) is 0 Å². The Balaban J connectivity index is 1.99. The lowest BCUT2D eigenvalue weighted by Crippen LogP contribution is -2.26. The second-order valence-corrected chi connectivity index (χ2v) is 5.28. The molecule has 0 amide bonds. The molecule has 4 heteroatoms. The van der Waals surface area contributed by atoms with Crippen molar-refractivity contribution in [3.8, 4) is 11.5 Å². The zero-order valence-electron chi connectivity index (χ0n) is 12.8. The molecule has 112 valence electrons. The van der Waals surface area contributed by atoms with Crippen molar-refractivity contribution in [2.45, 2.75) is 32.2 Å². The number of hydrogen-bond donors (Lipinski definition) is 1. The van der Waals surface area contributed by atoms with Crippen molar-refractivity contribution in [1.29, 1.82) is 0 Å². The van der Waals surface area contributed by atoms with Crippen LogP contribution in [0.1, 0.15) is 26.2 Å². The largest absolute Gasteiger partial charge is 0.493 e. The molecule has 1 fully saturated rings. The molecular formula is C16H26N2O2. The Hall–Kier alpha value is -1.42. The molecular weight excluding hydrogens is 252 g/mol. The van der Waals surface area contributed by atoms with Crippen LogP contribution in [0, 0.1) is 0 Å². The van der Waals surface area contributed by atoms with Crippen LogP contribution < -0.4 is 14.8 Å². The molecule has 1 heterocycles. The van der Waals surface area contributed by atoms with Gasteiger partial charge < -0.3 is 19.7 Å². The topological polar surface area (TPSA) is 33.7 Å². The molecule has 0 bridgehead atoms. The molecule has 0 aromatic heterocycles. The number of benzene rings is 1. The van der Waals surface area contributed by atoms with Crippen molar-refractivity contribution in [2.24, 2.45) is 0 Å². The molecule has 1 saturated heterocycles. The van der Waals surface area contributed by atoms with Gasteiger partial charge in [0.2, 0.25) is 0 Å². The first-order valence-corrected chi connectivity index (χ1v) is 7.47. The fourth-order valence-corrected chi connectivity index (χ4v) is 2.78. The number of rotatable bonds is 5. The van der Waals surface area contributed by atoms with Crippen LogP contribution in [0.2, 0.25) is 0 Å². The van der Waals surface area contributed by atoms with Gasteiger partial charge in [-0.05, 0) is 44.5 Å². The average molecular weight is 278 g/mol. The molecule has 1 aliphatic rings. The molecule has 0 spiro atoms. The number of ether oxygens (including phenoxy) is 2. The fraction of sp³-hybridized carbons (Fsp3) is 0.625. The zero-order valence-corrected chi connectivity index (χ0v) is 12.8. The van der Waals surface area contributed by atoms with Crippen molar-refractivity contribution in [1.82, 2.24) is 4.90 Å². The van der Waals surface area contributed by atoms with Crippen LogP contribution in [0.3, 0.4) is 0 Å². The van der Waals surface area contributed by atoms with Gasteiger partial charge in [-0.15, -0.1) is 0 Å². The van der Waals surface area contributed by atoms with E-state index in [1.807, 2.05) is 12.1 Å². The molecule has 2 rings (SSSR count). The van der Waals surface area contributed by atoms with Crippen LogP contribution in [0.25, 0.3) is 0 Å². The molecule has 1 unspecified atom stereocenters. The summed E-state index contributed by atoms with van der Waals surface area (Å²) in [6, 6.07) is 6.58. The van der Waals surface area contributed by atoms with Gasteiger partial charge in [-0.3, -0.25) is 0 Å². The first kappa shape index (κ1) is 15.0. The number of likely N-dealkylation sites (tertiary alicyclic amines) is 1. The molecule has 0 radical (unpaired) electrons. The van der Waals surface area contributed by atoms with Crippen molar-refractivity contribution >= 4 is 5.69 Å². The highest BCUT2D eigenvalue weighted by Crippen LogP contribution is 2.30. The third-order valence-corrected chi connectivity index (χ3v) is 4.02. The van der Waals surface area contributed by atoms with E-state index in [0.29, 0.717) is 6.04 Å². The smallest absolute Gasteiger partial charge is 0.162 e. The number of methoxy groups -OCH3 is 2. The maximum Gasteiger partial charge on any atom is 0.162 e. The van der Waals surface area contributed by atoms with E-state index in [-0.39, 0.29) is 0 Å². The van der Waals surface area contributed by atoms with Crippen LogP contribution in [-0.2, 0) is 0 Å². The number of hydrogen-bond acceptors (Lipinski definition) is 4. The third-order valence-electron chi connectivity index (χ3n) is 4.02. The lowest BCUT2D eigenvalue weighted by molar-refractivity contribution is 0.300. The van der Waals surface area contributed by atoms with Crippen LogP contribution in [-0.4, -0.2) is 44.8 Å². The number of nitrogens with one attached hydrogen (secondary N) is 1. The highest BCUT2D eigenvalue weighted by molar-refractivity contribution is 5.55. The monoisotopic (exact) mass is 278 g/mol. The molecule has 1 aliphatic heterocycles. The molecule has 1 aromatic rings. The summed E-state index contributed by atoms with van der Waals surface area (Å²) in [5.74, 6) is 1.55. The van der Waals surface area contributed by atoms with Crippen LogP contribution >= 0.6 is 0 Å². The second-order valence-electron chi connectivity index (χ2n) is 5.28. The van der Waals surface area contributed by atoms with Crippen LogP contribution in [0.5, 0.6) is 11.5 Å². The van der Waals surface area contributed by atoms with Crippen molar-refractivity contribution in [3.05, 3.63) is 18.2 Å². The van der Waals surface area contributed by atoms with E-state index in [0.717, 1.165) is 23.7 Å². The zero-order chi connectivity index (χ0) is 14.4. The van der Waals surface area contributed by atoms with Gasteiger partial charge in [0, 0.05) is 24.3 Å². The van der Waals surface area contributed by atoms with Gasteiger partial charge in [0.05, 0.1) is 14.2 Å². The van der Waals surface area contributed by atoms with Gasteiger partial charge in [-0.25, -0.2) is 0 Å². The van der Waals surface area contributed by atoms with Gasteiger partial charge in [0.25, 0.3) is 0 Å². The minimum atomic E-state index is 0.546. The Morgan fingerprint density at radius 3 is 2.65 bits per heavy atom. The first-order valence-electron chi connectivity index (χ1n) is 7.47. The third kappa shape index (κ3) is 3.79. The summed E-state index contributed by atoms with van der Waals surface area (Å²) >= 11 is 0. The molecule has 1 aromatic carbocycles. The molecule has 0 saturated carbocycles. The predicted octanol–water partition coefficient (Wildman–Crippen LogP) is 2.99. The Labute approximate surface area is 122 Å². The summed E-state index contributed by atoms with van der Waals surface area (Å²) in [7, 11) is 3.34. The summed E-state index contributed by atoms with van der Waals surface area (Å²) in [4.78, 5) is 2.52. The highest BCUT2D eigenvalue weighted by Gasteiger charge is 2.16. The Bertz CT molecular complexity index is 423. The van der Waals surface area contributed by atoms with Crippen molar-refractivity contribution in [2.75, 3.05) is 39.2 Å². The summed E-state index contributed by atoms with van der Waals surface area (Å²) in [6.07, 6.45) is 3.69. The lowest BCUT2D eigenvalue weighted by Gasteiger charge is -2.20. The van der Waals surface area contributed by atoms with Gasteiger partial charge >= 0.3 is 0 Å². The summed E-state index contributed by atoms with van der Waals surface area (Å²) in [5, 5.41) is 3.63. The van der Waals surface area contributed by atoms with E-state index in [1.165, 1.54) is 32.4 Å². The first-order chi connectivity index (χ1) is 9.76. The quantitative estimate of drug-likeness (QED) is 0.898. The van der Waals surface area contributed by atoms with Crippen molar-refractivity contribution < 1.29 is 9.47 Å². The molecule has 20 heavy (non-hydrogen) atoms. The fourth-order valence-electron chi connectivity index (χ4n) is 2.78.